The van der Waals surface area contributed by atoms with Gasteiger partial charge in [-0.1, -0.05) is 25.4 Å². The highest BCUT2D eigenvalue weighted by molar-refractivity contribution is 6.30. The molecule has 7 heteroatoms. The number of amides is 1. The second kappa shape index (κ2) is 6.80. The number of ketones is 1. The second-order valence-corrected chi connectivity index (χ2v) is 7.22. The molecule has 6 nitrogen and oxygen atoms in total. The zero-order valence-electron chi connectivity index (χ0n) is 14.0. The van der Waals surface area contributed by atoms with Crippen LogP contribution in [-0.4, -0.2) is 28.3 Å². The number of hydrogen-bond donors (Lipinski definition) is 1. The number of rotatable bonds is 4. The number of nitrogens with zero attached hydrogens (tertiary/aromatic N) is 2. The minimum atomic E-state index is -0.378. The molecule has 25 heavy (non-hydrogen) atoms. The number of Topliss-reactive ketones (excluding diaryl/α,β-unsaturated/α-hetero) is 1. The molecule has 0 aliphatic heterocycles. The summed E-state index contributed by atoms with van der Waals surface area (Å²) in [5.74, 6) is 0.374. The van der Waals surface area contributed by atoms with Crippen LogP contribution in [0.1, 0.15) is 36.3 Å². The zero-order valence-corrected chi connectivity index (χ0v) is 14.8. The predicted octanol–water partition coefficient (Wildman–Crippen LogP) is 3.30. The summed E-state index contributed by atoms with van der Waals surface area (Å²) in [5, 5.41) is 3.19. The van der Waals surface area contributed by atoms with Crippen molar-refractivity contribution in [3.05, 3.63) is 46.7 Å². The van der Waals surface area contributed by atoms with Crippen molar-refractivity contribution >= 4 is 29.2 Å². The van der Waals surface area contributed by atoms with E-state index in [1.165, 1.54) is 6.20 Å². The fraction of sp³-hybridized carbons (Fsp3) is 0.333. The molecule has 1 aliphatic rings. The molecule has 1 aromatic heterocycles. The van der Waals surface area contributed by atoms with Gasteiger partial charge in [0.1, 0.15) is 5.75 Å². The molecule has 0 fully saturated rings. The molecule has 2 aromatic rings. The Balaban J connectivity index is 1.64. The van der Waals surface area contributed by atoms with Crippen LogP contribution in [0.15, 0.2) is 30.5 Å². The number of halogens is 1. The monoisotopic (exact) mass is 359 g/mol. The van der Waals surface area contributed by atoms with E-state index in [0.29, 0.717) is 34.9 Å². The zero-order chi connectivity index (χ0) is 18.0. The van der Waals surface area contributed by atoms with Gasteiger partial charge in [0.15, 0.2) is 12.4 Å². The Morgan fingerprint density at radius 2 is 2.00 bits per heavy atom. The maximum atomic E-state index is 12.1. The smallest absolute Gasteiger partial charge is 0.264 e. The van der Waals surface area contributed by atoms with Crippen molar-refractivity contribution < 1.29 is 14.3 Å². The molecule has 1 aliphatic carbocycles. The first-order valence-electron chi connectivity index (χ1n) is 7.90. The van der Waals surface area contributed by atoms with Crippen LogP contribution in [0.5, 0.6) is 5.75 Å². The van der Waals surface area contributed by atoms with E-state index in [1.807, 2.05) is 13.8 Å². The number of carbonyl (C=O) groups is 2. The van der Waals surface area contributed by atoms with Crippen LogP contribution >= 0.6 is 11.6 Å². The molecule has 0 unspecified atom stereocenters. The van der Waals surface area contributed by atoms with Gasteiger partial charge in [0, 0.05) is 17.6 Å². The normalized spacial score (nSPS) is 15.4. The molecular weight excluding hydrogens is 342 g/mol. The van der Waals surface area contributed by atoms with E-state index in [1.54, 1.807) is 24.3 Å². The molecule has 3 rings (SSSR count). The highest BCUT2D eigenvalue weighted by Crippen LogP contribution is 2.33. The largest absolute Gasteiger partial charge is 0.484 e. The molecule has 0 saturated heterocycles. The van der Waals surface area contributed by atoms with Crippen LogP contribution in [-0.2, 0) is 11.2 Å². The second-order valence-electron chi connectivity index (χ2n) is 6.79. The van der Waals surface area contributed by atoms with Crippen LogP contribution in [0, 0.1) is 5.41 Å². The van der Waals surface area contributed by atoms with Gasteiger partial charge in [0.05, 0.1) is 11.3 Å². The summed E-state index contributed by atoms with van der Waals surface area (Å²) >= 11 is 5.79. The van der Waals surface area contributed by atoms with Gasteiger partial charge in [0.25, 0.3) is 5.91 Å². The van der Waals surface area contributed by atoms with E-state index in [2.05, 4.69) is 15.3 Å². The van der Waals surface area contributed by atoms with Crippen molar-refractivity contribution in [2.45, 2.75) is 26.7 Å². The molecule has 0 saturated carbocycles. The number of benzene rings is 1. The molecule has 1 aromatic carbocycles. The molecule has 1 amide bonds. The summed E-state index contributed by atoms with van der Waals surface area (Å²) < 4.78 is 5.38. The van der Waals surface area contributed by atoms with Crippen molar-refractivity contribution in [3.8, 4) is 5.75 Å². The SMILES string of the molecule is CC1(C)CC(=O)c2cnc(NC(=O)COc3ccc(Cl)cc3)nc2C1. The lowest BCUT2D eigenvalue weighted by Gasteiger charge is -2.29. The lowest BCUT2D eigenvalue weighted by Crippen LogP contribution is -2.29. The summed E-state index contributed by atoms with van der Waals surface area (Å²) in [6, 6.07) is 6.72. The quantitative estimate of drug-likeness (QED) is 0.905. The number of fused-ring (bicyclic) bond motifs is 1. The Hall–Kier alpha value is -2.47. The summed E-state index contributed by atoms with van der Waals surface area (Å²) in [6.45, 7) is 3.87. The van der Waals surface area contributed by atoms with Crippen molar-refractivity contribution in [1.82, 2.24) is 9.97 Å². The van der Waals surface area contributed by atoms with E-state index in [9.17, 15) is 9.59 Å². The third-order valence-corrected chi connectivity index (χ3v) is 4.14. The Morgan fingerprint density at radius 1 is 1.28 bits per heavy atom. The van der Waals surface area contributed by atoms with Crippen molar-refractivity contribution in [3.63, 3.8) is 0 Å². The van der Waals surface area contributed by atoms with Gasteiger partial charge in [-0.3, -0.25) is 14.9 Å². The van der Waals surface area contributed by atoms with Crippen molar-refractivity contribution in [1.29, 1.82) is 0 Å². The van der Waals surface area contributed by atoms with Crippen LogP contribution in [0.4, 0.5) is 5.95 Å². The third-order valence-electron chi connectivity index (χ3n) is 3.89. The van der Waals surface area contributed by atoms with E-state index in [4.69, 9.17) is 16.3 Å². The maximum absolute atomic E-state index is 12.1. The van der Waals surface area contributed by atoms with Crippen LogP contribution in [0.2, 0.25) is 5.02 Å². The maximum Gasteiger partial charge on any atom is 0.264 e. The average molecular weight is 360 g/mol. The summed E-state index contributed by atoms with van der Waals surface area (Å²) in [5.41, 5.74) is 1.07. The number of nitrogens with one attached hydrogen (secondary N) is 1. The standard InChI is InChI=1S/C18H18ClN3O3/c1-18(2)7-14-13(15(23)8-18)9-20-17(21-14)22-16(24)10-25-12-5-3-11(19)4-6-12/h3-6,9H,7-8,10H2,1-2H3,(H,20,21,22,24). The van der Waals surface area contributed by atoms with Gasteiger partial charge in [-0.2, -0.15) is 0 Å². The molecule has 0 radical (unpaired) electrons. The molecule has 0 bridgehead atoms. The molecule has 1 N–H and O–H groups in total. The molecule has 1 heterocycles. The minimum absolute atomic E-state index is 0.0372. The Morgan fingerprint density at radius 3 is 2.72 bits per heavy atom. The molecule has 0 atom stereocenters. The van der Waals surface area contributed by atoms with E-state index < -0.39 is 0 Å². The van der Waals surface area contributed by atoms with E-state index in [-0.39, 0.29) is 29.7 Å². The van der Waals surface area contributed by atoms with Gasteiger partial charge in [-0.15, -0.1) is 0 Å². The van der Waals surface area contributed by atoms with Gasteiger partial charge in [-0.05, 0) is 36.1 Å². The first-order valence-corrected chi connectivity index (χ1v) is 8.27. The van der Waals surface area contributed by atoms with Gasteiger partial charge >= 0.3 is 0 Å². The fourth-order valence-electron chi connectivity index (χ4n) is 2.73. The summed E-state index contributed by atoms with van der Waals surface area (Å²) in [7, 11) is 0. The number of ether oxygens (including phenoxy) is 1. The van der Waals surface area contributed by atoms with Crippen molar-refractivity contribution in [2.24, 2.45) is 5.41 Å². The lowest BCUT2D eigenvalue weighted by atomic mass is 9.76. The van der Waals surface area contributed by atoms with Gasteiger partial charge in [0.2, 0.25) is 5.95 Å². The van der Waals surface area contributed by atoms with Crippen LogP contribution < -0.4 is 10.1 Å². The summed E-state index contributed by atoms with van der Waals surface area (Å²) in [6.07, 6.45) is 2.63. The predicted molar refractivity (Wildman–Crippen MR) is 94.0 cm³/mol. The third kappa shape index (κ3) is 4.33. The van der Waals surface area contributed by atoms with Crippen LogP contribution in [0.25, 0.3) is 0 Å². The van der Waals surface area contributed by atoms with Gasteiger partial charge in [-0.25, -0.2) is 9.97 Å². The summed E-state index contributed by atoms with van der Waals surface area (Å²) in [4.78, 5) is 32.5. The molecular formula is C18H18ClN3O3. The van der Waals surface area contributed by atoms with E-state index in [0.717, 1.165) is 0 Å². The Labute approximate surface area is 150 Å². The highest BCUT2D eigenvalue weighted by Gasteiger charge is 2.32. The number of aromatic nitrogens is 2. The first kappa shape index (κ1) is 17.4. The van der Waals surface area contributed by atoms with Crippen molar-refractivity contribution in [2.75, 3.05) is 11.9 Å². The topological polar surface area (TPSA) is 81.2 Å². The molecule has 0 spiro atoms. The number of carbonyl (C=O) groups excluding carboxylic acids is 2. The van der Waals surface area contributed by atoms with E-state index >= 15 is 0 Å². The average Bonchev–Trinajstić information content (AvgIpc) is 2.53. The highest BCUT2D eigenvalue weighted by atomic mass is 35.5. The Bertz CT molecular complexity index is 819. The minimum Gasteiger partial charge on any atom is -0.484 e. The number of anilines is 1. The van der Waals surface area contributed by atoms with Crippen LogP contribution in [0.3, 0.4) is 0 Å². The number of hydrogen-bond acceptors (Lipinski definition) is 5. The van der Waals surface area contributed by atoms with Gasteiger partial charge < -0.3 is 4.74 Å². The first-order chi connectivity index (χ1) is 11.8. The fourth-order valence-corrected chi connectivity index (χ4v) is 2.86. The molecule has 130 valence electrons. The Kier molecular flexibility index (Phi) is 4.72. The lowest BCUT2D eigenvalue weighted by molar-refractivity contribution is -0.118.